The largest absolute Gasteiger partial charge is 0.236 e. The predicted octanol–water partition coefficient (Wildman–Crippen LogP) is 5.46. The van der Waals surface area contributed by atoms with Crippen LogP contribution in [0.5, 0.6) is 0 Å². The molecule has 2 nitrogen and oxygen atoms in total. The summed E-state index contributed by atoms with van der Waals surface area (Å²) in [6.45, 7) is 3.73. The molecule has 2 aromatic carbocycles. The summed E-state index contributed by atoms with van der Waals surface area (Å²) in [5, 5.41) is 0. The van der Waals surface area contributed by atoms with E-state index >= 15 is 0 Å². The topological polar surface area (TPSA) is 25.8 Å². The van der Waals surface area contributed by atoms with E-state index in [4.69, 9.17) is 0 Å². The number of halogens is 1. The van der Waals surface area contributed by atoms with E-state index < -0.39 is 0 Å². The summed E-state index contributed by atoms with van der Waals surface area (Å²) >= 11 is 0. The van der Waals surface area contributed by atoms with Crippen molar-refractivity contribution in [2.45, 2.75) is 19.3 Å². The molecule has 0 radical (unpaired) electrons. The van der Waals surface area contributed by atoms with Crippen molar-refractivity contribution in [1.82, 2.24) is 9.97 Å². The number of unbranched alkanes of at least 4 members (excludes halogenated alkanes) is 1. The van der Waals surface area contributed by atoms with Crippen LogP contribution in [0.25, 0.3) is 22.5 Å². The third-order valence-electron chi connectivity index (χ3n) is 3.90. The first-order chi connectivity index (χ1) is 11.8. The average molecular weight is 318 g/mol. The second-order valence-electron chi connectivity index (χ2n) is 5.68. The lowest BCUT2D eigenvalue weighted by atomic mass is 10.0. The average Bonchev–Trinajstić information content (AvgIpc) is 2.63. The quantitative estimate of drug-likeness (QED) is 0.445. The van der Waals surface area contributed by atoms with Crippen LogP contribution in [0.2, 0.25) is 0 Å². The molecule has 0 amide bonds. The van der Waals surface area contributed by atoms with Gasteiger partial charge in [-0.2, -0.15) is 0 Å². The van der Waals surface area contributed by atoms with Crippen LogP contribution in [-0.4, -0.2) is 9.97 Å². The molecular weight excluding hydrogens is 299 g/mol. The first-order valence-electron chi connectivity index (χ1n) is 8.04. The number of rotatable bonds is 6. The van der Waals surface area contributed by atoms with E-state index in [2.05, 4.69) is 16.5 Å². The van der Waals surface area contributed by atoms with Crippen molar-refractivity contribution >= 4 is 0 Å². The van der Waals surface area contributed by atoms with Gasteiger partial charge in [-0.05, 0) is 48.1 Å². The zero-order valence-electron chi connectivity index (χ0n) is 13.5. The Balaban J connectivity index is 1.73. The molecule has 0 aliphatic heterocycles. The number of benzene rings is 2. The van der Waals surface area contributed by atoms with Gasteiger partial charge < -0.3 is 0 Å². The lowest BCUT2D eigenvalue weighted by Crippen LogP contribution is -1.93. The monoisotopic (exact) mass is 318 g/mol. The summed E-state index contributed by atoms with van der Waals surface area (Å²) in [7, 11) is 0. The Morgan fingerprint density at radius 2 is 1.38 bits per heavy atom. The SMILES string of the molecule is C=CCCCc1cnc(-c2ccc(-c3ccc(F)cc3)cc2)nc1. The lowest BCUT2D eigenvalue weighted by Gasteiger charge is -2.05. The van der Waals surface area contributed by atoms with Crippen LogP contribution in [0.15, 0.2) is 73.6 Å². The third kappa shape index (κ3) is 3.93. The first kappa shape index (κ1) is 16.1. The van der Waals surface area contributed by atoms with Gasteiger partial charge in [-0.25, -0.2) is 14.4 Å². The summed E-state index contributed by atoms with van der Waals surface area (Å²) in [5.41, 5.74) is 4.14. The minimum absolute atomic E-state index is 0.225. The van der Waals surface area contributed by atoms with E-state index in [1.54, 1.807) is 12.1 Å². The molecule has 0 saturated carbocycles. The highest BCUT2D eigenvalue weighted by Crippen LogP contribution is 2.23. The van der Waals surface area contributed by atoms with Crippen LogP contribution in [0.4, 0.5) is 4.39 Å². The van der Waals surface area contributed by atoms with Gasteiger partial charge in [0.05, 0.1) is 0 Å². The Morgan fingerprint density at radius 3 is 1.96 bits per heavy atom. The molecule has 0 aliphatic carbocycles. The van der Waals surface area contributed by atoms with E-state index in [-0.39, 0.29) is 5.82 Å². The van der Waals surface area contributed by atoms with Gasteiger partial charge >= 0.3 is 0 Å². The zero-order chi connectivity index (χ0) is 16.8. The maximum atomic E-state index is 13.0. The molecule has 3 rings (SSSR count). The van der Waals surface area contributed by atoms with Crippen molar-refractivity contribution in [3.63, 3.8) is 0 Å². The smallest absolute Gasteiger partial charge is 0.159 e. The normalized spacial score (nSPS) is 10.5. The Morgan fingerprint density at radius 1 is 0.833 bits per heavy atom. The fourth-order valence-electron chi connectivity index (χ4n) is 2.54. The standard InChI is InChI=1S/C21H19FN2/c1-2-3-4-5-16-14-23-21(24-15-16)19-8-6-17(7-9-19)18-10-12-20(22)13-11-18/h2,6-15H,1,3-5H2. The molecular formula is C21H19FN2. The summed E-state index contributed by atoms with van der Waals surface area (Å²) < 4.78 is 13.0. The van der Waals surface area contributed by atoms with E-state index in [1.165, 1.54) is 12.1 Å². The summed E-state index contributed by atoms with van der Waals surface area (Å²) in [5.74, 6) is 0.491. The lowest BCUT2D eigenvalue weighted by molar-refractivity contribution is 0.628. The molecule has 24 heavy (non-hydrogen) atoms. The molecule has 0 aliphatic rings. The summed E-state index contributed by atoms with van der Waals surface area (Å²) in [4.78, 5) is 8.91. The number of aromatic nitrogens is 2. The summed E-state index contributed by atoms with van der Waals surface area (Å²) in [6, 6.07) is 14.5. The fraction of sp³-hybridized carbons (Fsp3) is 0.143. The predicted molar refractivity (Wildman–Crippen MR) is 96.0 cm³/mol. The zero-order valence-corrected chi connectivity index (χ0v) is 13.5. The minimum Gasteiger partial charge on any atom is -0.236 e. The molecule has 0 saturated heterocycles. The van der Waals surface area contributed by atoms with E-state index in [0.29, 0.717) is 5.82 Å². The highest BCUT2D eigenvalue weighted by atomic mass is 19.1. The van der Waals surface area contributed by atoms with Crippen molar-refractivity contribution in [1.29, 1.82) is 0 Å². The minimum atomic E-state index is -0.225. The number of hydrogen-bond donors (Lipinski definition) is 0. The van der Waals surface area contributed by atoms with Crippen molar-refractivity contribution in [3.05, 3.63) is 85.0 Å². The second kappa shape index (κ2) is 7.64. The van der Waals surface area contributed by atoms with Crippen molar-refractivity contribution in [2.75, 3.05) is 0 Å². The molecule has 3 aromatic rings. The highest BCUT2D eigenvalue weighted by molar-refractivity contribution is 5.67. The third-order valence-corrected chi connectivity index (χ3v) is 3.90. The van der Waals surface area contributed by atoms with Crippen LogP contribution in [0.3, 0.4) is 0 Å². The van der Waals surface area contributed by atoms with Gasteiger partial charge in [0, 0.05) is 18.0 Å². The van der Waals surface area contributed by atoms with Crippen LogP contribution >= 0.6 is 0 Å². The van der Waals surface area contributed by atoms with E-state index in [9.17, 15) is 4.39 Å². The fourth-order valence-corrected chi connectivity index (χ4v) is 2.54. The Hall–Kier alpha value is -2.81. The Labute approximate surface area is 141 Å². The Kier molecular flexibility index (Phi) is 5.12. The molecule has 3 heteroatoms. The number of hydrogen-bond acceptors (Lipinski definition) is 2. The maximum Gasteiger partial charge on any atom is 0.159 e. The van der Waals surface area contributed by atoms with Crippen LogP contribution in [0.1, 0.15) is 18.4 Å². The van der Waals surface area contributed by atoms with E-state index in [0.717, 1.165) is 41.5 Å². The first-order valence-corrected chi connectivity index (χ1v) is 8.04. The van der Waals surface area contributed by atoms with Crippen molar-refractivity contribution in [3.8, 4) is 22.5 Å². The summed E-state index contributed by atoms with van der Waals surface area (Å²) in [6.07, 6.45) is 8.75. The van der Waals surface area contributed by atoms with Gasteiger partial charge in [0.15, 0.2) is 5.82 Å². The van der Waals surface area contributed by atoms with E-state index in [1.807, 2.05) is 42.7 Å². The van der Waals surface area contributed by atoms with Crippen LogP contribution in [-0.2, 0) is 6.42 Å². The number of nitrogens with zero attached hydrogens (tertiary/aromatic N) is 2. The van der Waals surface area contributed by atoms with Gasteiger partial charge in [-0.1, -0.05) is 42.5 Å². The molecule has 0 atom stereocenters. The van der Waals surface area contributed by atoms with Crippen LogP contribution < -0.4 is 0 Å². The van der Waals surface area contributed by atoms with Gasteiger partial charge in [0.1, 0.15) is 5.82 Å². The van der Waals surface area contributed by atoms with Gasteiger partial charge in [-0.15, -0.1) is 6.58 Å². The maximum absolute atomic E-state index is 13.0. The molecule has 0 fully saturated rings. The van der Waals surface area contributed by atoms with Gasteiger partial charge in [-0.3, -0.25) is 0 Å². The number of aryl methyl sites for hydroxylation is 1. The molecule has 0 bridgehead atoms. The molecule has 0 unspecified atom stereocenters. The second-order valence-corrected chi connectivity index (χ2v) is 5.68. The molecule has 1 aromatic heterocycles. The highest BCUT2D eigenvalue weighted by Gasteiger charge is 2.03. The number of allylic oxidation sites excluding steroid dienone is 1. The van der Waals surface area contributed by atoms with Gasteiger partial charge in [0.2, 0.25) is 0 Å². The van der Waals surface area contributed by atoms with Crippen molar-refractivity contribution in [2.24, 2.45) is 0 Å². The Bertz CT molecular complexity index is 791. The van der Waals surface area contributed by atoms with Crippen LogP contribution in [0, 0.1) is 5.82 Å². The molecule has 1 heterocycles. The van der Waals surface area contributed by atoms with Gasteiger partial charge in [0.25, 0.3) is 0 Å². The molecule has 0 spiro atoms. The molecule has 120 valence electrons. The van der Waals surface area contributed by atoms with Crippen molar-refractivity contribution < 1.29 is 4.39 Å². The molecule has 0 N–H and O–H groups in total.